The van der Waals surface area contributed by atoms with Crippen molar-refractivity contribution in [1.82, 2.24) is 15.0 Å². The van der Waals surface area contributed by atoms with Crippen LogP contribution in [0.25, 0.3) is 5.69 Å². The monoisotopic (exact) mass is 336 g/mol. The van der Waals surface area contributed by atoms with Crippen LogP contribution in [0.1, 0.15) is 0 Å². The largest absolute Gasteiger partial charge is 0.279 e. The average Bonchev–Trinajstić information content (AvgIpc) is 3.00. The zero-order chi connectivity index (χ0) is 16.4. The summed E-state index contributed by atoms with van der Waals surface area (Å²) in [6.45, 7) is 0. The Morgan fingerprint density at radius 2 is 1.48 bits per heavy atom. The summed E-state index contributed by atoms with van der Waals surface area (Å²) in [6.07, 6.45) is 2.98. The van der Waals surface area contributed by atoms with Gasteiger partial charge in [-0.2, -0.15) is 15.0 Å². The topological polar surface area (TPSA) is 76.9 Å². The van der Waals surface area contributed by atoms with Crippen LogP contribution in [0.4, 0.5) is 14.5 Å². The first-order chi connectivity index (χ1) is 10.9. The van der Waals surface area contributed by atoms with Gasteiger partial charge in [-0.3, -0.25) is 4.72 Å². The summed E-state index contributed by atoms with van der Waals surface area (Å²) in [7, 11) is -3.97. The third kappa shape index (κ3) is 3.34. The van der Waals surface area contributed by atoms with Crippen molar-refractivity contribution in [3.8, 4) is 5.69 Å². The minimum Gasteiger partial charge on any atom is -0.279 e. The second-order valence-corrected chi connectivity index (χ2v) is 6.26. The van der Waals surface area contributed by atoms with Gasteiger partial charge in [-0.15, -0.1) is 0 Å². The Hall–Kier alpha value is -2.81. The van der Waals surface area contributed by atoms with E-state index < -0.39 is 21.7 Å². The molecule has 0 atom stereocenters. The van der Waals surface area contributed by atoms with Crippen LogP contribution in [-0.4, -0.2) is 23.4 Å². The molecule has 3 rings (SSSR count). The zero-order valence-electron chi connectivity index (χ0n) is 11.5. The molecule has 9 heteroatoms. The van der Waals surface area contributed by atoms with Gasteiger partial charge < -0.3 is 0 Å². The number of benzene rings is 2. The first kappa shape index (κ1) is 15.1. The Balaban J connectivity index is 1.87. The van der Waals surface area contributed by atoms with E-state index in [1.165, 1.54) is 41.5 Å². The van der Waals surface area contributed by atoms with Crippen LogP contribution in [0.2, 0.25) is 0 Å². The molecule has 0 aliphatic heterocycles. The molecule has 2 aromatic carbocycles. The van der Waals surface area contributed by atoms with Crippen LogP contribution in [0.3, 0.4) is 0 Å². The normalized spacial score (nSPS) is 11.4. The standard InChI is InChI=1S/C14H10F2N4O2S/c15-10-7-11(16)9-12(8-10)19-23(21,22)14-3-1-13(2-4-14)20-17-5-6-18-20/h1-9,19H. The fourth-order valence-corrected chi connectivity index (χ4v) is 2.97. The van der Waals surface area contributed by atoms with Gasteiger partial charge in [0.1, 0.15) is 11.6 Å². The quantitative estimate of drug-likeness (QED) is 0.793. The molecule has 1 heterocycles. The molecule has 0 unspecified atom stereocenters. The van der Waals surface area contributed by atoms with Crippen molar-refractivity contribution in [3.05, 3.63) is 66.5 Å². The van der Waals surface area contributed by atoms with Crippen LogP contribution in [-0.2, 0) is 10.0 Å². The van der Waals surface area contributed by atoms with Crippen molar-refractivity contribution < 1.29 is 17.2 Å². The van der Waals surface area contributed by atoms with E-state index in [9.17, 15) is 17.2 Å². The second kappa shape index (κ2) is 5.76. The lowest BCUT2D eigenvalue weighted by Gasteiger charge is -2.09. The molecular weight excluding hydrogens is 326 g/mol. The van der Waals surface area contributed by atoms with Crippen LogP contribution < -0.4 is 4.72 Å². The lowest BCUT2D eigenvalue weighted by molar-refractivity contribution is 0.584. The number of anilines is 1. The number of hydrogen-bond donors (Lipinski definition) is 1. The van der Waals surface area contributed by atoms with Gasteiger partial charge in [0.05, 0.1) is 28.7 Å². The molecule has 23 heavy (non-hydrogen) atoms. The van der Waals surface area contributed by atoms with E-state index in [1.54, 1.807) is 0 Å². The molecular formula is C14H10F2N4O2S. The molecule has 0 fully saturated rings. The number of hydrogen-bond acceptors (Lipinski definition) is 4. The minimum absolute atomic E-state index is 0.0573. The van der Waals surface area contributed by atoms with Crippen molar-refractivity contribution in [2.75, 3.05) is 4.72 Å². The van der Waals surface area contributed by atoms with Crippen molar-refractivity contribution >= 4 is 15.7 Å². The highest BCUT2D eigenvalue weighted by atomic mass is 32.2. The highest BCUT2D eigenvalue weighted by Crippen LogP contribution is 2.19. The predicted molar refractivity (Wildman–Crippen MR) is 78.5 cm³/mol. The zero-order valence-corrected chi connectivity index (χ0v) is 12.3. The molecule has 3 aromatic rings. The Bertz CT molecular complexity index is 906. The summed E-state index contributed by atoms with van der Waals surface area (Å²) in [6, 6.07) is 8.16. The third-order valence-corrected chi connectivity index (χ3v) is 4.31. The van der Waals surface area contributed by atoms with Crippen LogP contribution >= 0.6 is 0 Å². The molecule has 0 saturated heterocycles. The van der Waals surface area contributed by atoms with Gasteiger partial charge in [-0.25, -0.2) is 17.2 Å². The maximum atomic E-state index is 13.1. The molecule has 0 amide bonds. The second-order valence-electron chi connectivity index (χ2n) is 4.58. The van der Waals surface area contributed by atoms with E-state index >= 15 is 0 Å². The molecule has 118 valence electrons. The Kier molecular flexibility index (Phi) is 3.78. The number of rotatable bonds is 4. The first-order valence-corrected chi connectivity index (χ1v) is 7.88. The molecule has 1 N–H and O–H groups in total. The molecule has 0 aliphatic carbocycles. The van der Waals surface area contributed by atoms with Crippen molar-refractivity contribution in [3.63, 3.8) is 0 Å². The van der Waals surface area contributed by atoms with Gasteiger partial charge in [0.2, 0.25) is 0 Å². The highest BCUT2D eigenvalue weighted by Gasteiger charge is 2.15. The molecule has 0 saturated carbocycles. The van der Waals surface area contributed by atoms with Crippen LogP contribution in [0.5, 0.6) is 0 Å². The van der Waals surface area contributed by atoms with E-state index in [-0.39, 0.29) is 10.6 Å². The molecule has 0 spiro atoms. The van der Waals surface area contributed by atoms with Crippen molar-refractivity contribution in [2.24, 2.45) is 0 Å². The van der Waals surface area contributed by atoms with Crippen molar-refractivity contribution in [1.29, 1.82) is 0 Å². The molecule has 0 bridgehead atoms. The van der Waals surface area contributed by atoms with E-state index in [0.717, 1.165) is 12.1 Å². The molecule has 6 nitrogen and oxygen atoms in total. The average molecular weight is 336 g/mol. The SMILES string of the molecule is O=S(=O)(Nc1cc(F)cc(F)c1)c1ccc(-n2nccn2)cc1. The van der Waals surface area contributed by atoms with Gasteiger partial charge >= 0.3 is 0 Å². The van der Waals surface area contributed by atoms with E-state index in [4.69, 9.17) is 0 Å². The summed E-state index contributed by atoms with van der Waals surface area (Å²) in [5.41, 5.74) is 0.381. The smallest absolute Gasteiger partial charge is 0.261 e. The lowest BCUT2D eigenvalue weighted by atomic mass is 10.3. The lowest BCUT2D eigenvalue weighted by Crippen LogP contribution is -2.13. The maximum absolute atomic E-state index is 13.1. The Morgan fingerprint density at radius 3 is 2.04 bits per heavy atom. The Morgan fingerprint density at radius 1 is 0.913 bits per heavy atom. The van der Waals surface area contributed by atoms with Crippen molar-refractivity contribution in [2.45, 2.75) is 4.90 Å². The fraction of sp³-hybridized carbons (Fsp3) is 0. The van der Waals surface area contributed by atoms with Gasteiger partial charge in [0.15, 0.2) is 0 Å². The predicted octanol–water partition coefficient (Wildman–Crippen LogP) is 2.35. The number of sulfonamides is 1. The number of aromatic nitrogens is 3. The summed E-state index contributed by atoms with van der Waals surface area (Å²) in [5, 5.41) is 7.85. The summed E-state index contributed by atoms with van der Waals surface area (Å²) in [5.74, 6) is -1.74. The number of halogens is 2. The summed E-state index contributed by atoms with van der Waals surface area (Å²) >= 11 is 0. The van der Waals surface area contributed by atoms with Crippen LogP contribution in [0.15, 0.2) is 59.8 Å². The third-order valence-electron chi connectivity index (χ3n) is 2.91. The summed E-state index contributed by atoms with van der Waals surface area (Å²) < 4.78 is 52.8. The van der Waals surface area contributed by atoms with Gasteiger partial charge in [0, 0.05) is 6.07 Å². The molecule has 0 radical (unpaired) electrons. The van der Waals surface area contributed by atoms with Gasteiger partial charge in [-0.1, -0.05) is 0 Å². The van der Waals surface area contributed by atoms with Gasteiger partial charge in [0.25, 0.3) is 10.0 Å². The fourth-order valence-electron chi connectivity index (χ4n) is 1.93. The number of nitrogens with one attached hydrogen (secondary N) is 1. The Labute approximate surface area is 130 Å². The van der Waals surface area contributed by atoms with Gasteiger partial charge in [-0.05, 0) is 36.4 Å². The molecule has 0 aliphatic rings. The van der Waals surface area contributed by atoms with E-state index in [1.807, 2.05) is 0 Å². The maximum Gasteiger partial charge on any atom is 0.261 e. The van der Waals surface area contributed by atoms with Crippen LogP contribution in [0, 0.1) is 11.6 Å². The molecule has 1 aromatic heterocycles. The summed E-state index contributed by atoms with van der Waals surface area (Å²) in [4.78, 5) is 1.27. The number of nitrogens with zero attached hydrogens (tertiary/aromatic N) is 3. The van der Waals surface area contributed by atoms with E-state index in [0.29, 0.717) is 11.8 Å². The minimum atomic E-state index is -3.97. The first-order valence-electron chi connectivity index (χ1n) is 6.40. The highest BCUT2D eigenvalue weighted by molar-refractivity contribution is 7.92. The van der Waals surface area contributed by atoms with E-state index in [2.05, 4.69) is 14.9 Å².